The van der Waals surface area contributed by atoms with Gasteiger partial charge in [-0.2, -0.15) is 0 Å². The second kappa shape index (κ2) is 8.13. The minimum absolute atomic E-state index is 0.271. The van der Waals surface area contributed by atoms with Crippen LogP contribution in [0.15, 0.2) is 48.8 Å². The Bertz CT molecular complexity index is 976. The van der Waals surface area contributed by atoms with Gasteiger partial charge in [0.2, 0.25) is 0 Å². The highest BCUT2D eigenvalue weighted by atomic mass is 16.5. The lowest BCUT2D eigenvalue weighted by atomic mass is 10.1. The molecule has 0 saturated carbocycles. The number of hydrogen-bond donors (Lipinski definition) is 2. The van der Waals surface area contributed by atoms with E-state index in [-0.39, 0.29) is 6.61 Å². The van der Waals surface area contributed by atoms with Crippen molar-refractivity contribution in [1.29, 1.82) is 0 Å². The molecule has 2 aromatic heterocycles. The highest BCUT2D eigenvalue weighted by molar-refractivity contribution is 5.95. The van der Waals surface area contributed by atoms with E-state index >= 15 is 0 Å². The molecule has 0 fully saturated rings. The van der Waals surface area contributed by atoms with Gasteiger partial charge in [0.25, 0.3) is 11.8 Å². The molecule has 0 atom stereocenters. The number of hydrogen-bond acceptors (Lipinski definition) is 6. The number of amides is 2. The molecule has 2 amide bonds. The topological polar surface area (TPSA) is 102 Å². The van der Waals surface area contributed by atoms with Gasteiger partial charge in [0.05, 0.1) is 12.6 Å². The van der Waals surface area contributed by atoms with E-state index < -0.39 is 11.8 Å². The zero-order valence-corrected chi connectivity index (χ0v) is 14.9. The van der Waals surface area contributed by atoms with Crippen molar-refractivity contribution in [1.82, 2.24) is 20.8 Å². The number of aromatic nitrogens is 2. The summed E-state index contributed by atoms with van der Waals surface area (Å²) >= 11 is 0. The van der Waals surface area contributed by atoms with Crippen LogP contribution in [0.5, 0.6) is 11.5 Å². The normalized spacial score (nSPS) is 10.3. The summed E-state index contributed by atoms with van der Waals surface area (Å²) in [5.41, 5.74) is 6.51. The third kappa shape index (κ3) is 4.49. The van der Waals surface area contributed by atoms with Crippen LogP contribution in [0.2, 0.25) is 0 Å². The standard InChI is InChI=1S/C19H18N4O4/c1-12-9-17(15-10-14(26-2)3-4-16(15)21-12)27-11-18(24)22-23-19(25)13-5-7-20-8-6-13/h3-10H,11H2,1-2H3,(H,22,24)(H,23,25). The number of fused-ring (bicyclic) bond motifs is 1. The van der Waals surface area contributed by atoms with Gasteiger partial charge in [-0.1, -0.05) is 0 Å². The van der Waals surface area contributed by atoms with Crippen LogP contribution in [-0.2, 0) is 4.79 Å². The molecule has 3 rings (SSSR count). The highest BCUT2D eigenvalue weighted by Crippen LogP contribution is 2.28. The van der Waals surface area contributed by atoms with E-state index in [0.717, 1.165) is 16.6 Å². The maximum absolute atomic E-state index is 12.0. The zero-order chi connectivity index (χ0) is 19.2. The molecule has 0 spiro atoms. The maximum atomic E-state index is 12.0. The molecule has 0 aliphatic carbocycles. The summed E-state index contributed by atoms with van der Waals surface area (Å²) in [7, 11) is 1.57. The van der Waals surface area contributed by atoms with Crippen LogP contribution in [0.4, 0.5) is 0 Å². The fourth-order valence-corrected chi connectivity index (χ4v) is 2.43. The Labute approximate surface area is 155 Å². The number of hydrazine groups is 1. The third-order valence-corrected chi connectivity index (χ3v) is 3.72. The molecular formula is C19H18N4O4. The van der Waals surface area contributed by atoms with Crippen LogP contribution in [0.25, 0.3) is 10.9 Å². The molecule has 1 aromatic carbocycles. The summed E-state index contributed by atoms with van der Waals surface area (Å²) < 4.78 is 10.9. The van der Waals surface area contributed by atoms with Crippen molar-refractivity contribution < 1.29 is 19.1 Å². The number of carbonyl (C=O) groups excluding carboxylic acids is 2. The average Bonchev–Trinajstić information content (AvgIpc) is 2.70. The summed E-state index contributed by atoms with van der Waals surface area (Å²) in [6, 6.07) is 10.2. The Morgan fingerprint density at radius 2 is 1.85 bits per heavy atom. The molecule has 0 aliphatic rings. The quantitative estimate of drug-likeness (QED) is 0.668. The molecule has 0 aliphatic heterocycles. The fourth-order valence-electron chi connectivity index (χ4n) is 2.43. The van der Waals surface area contributed by atoms with Gasteiger partial charge >= 0.3 is 0 Å². The van der Waals surface area contributed by atoms with Crippen molar-refractivity contribution in [2.45, 2.75) is 6.92 Å². The Hall–Kier alpha value is -3.68. The molecule has 0 radical (unpaired) electrons. The molecule has 0 unspecified atom stereocenters. The van der Waals surface area contributed by atoms with Gasteiger partial charge in [-0.05, 0) is 37.3 Å². The van der Waals surface area contributed by atoms with Crippen LogP contribution in [0, 0.1) is 6.92 Å². The number of rotatable bonds is 5. The van der Waals surface area contributed by atoms with E-state index in [4.69, 9.17) is 9.47 Å². The van der Waals surface area contributed by atoms with Gasteiger partial charge in [0.15, 0.2) is 6.61 Å². The molecule has 138 valence electrons. The summed E-state index contributed by atoms with van der Waals surface area (Å²) in [6.07, 6.45) is 2.98. The number of nitrogens with zero attached hydrogens (tertiary/aromatic N) is 2. The third-order valence-electron chi connectivity index (χ3n) is 3.72. The zero-order valence-electron chi connectivity index (χ0n) is 14.9. The first-order valence-electron chi connectivity index (χ1n) is 8.14. The van der Waals surface area contributed by atoms with Gasteiger partial charge in [-0.3, -0.25) is 30.4 Å². The smallest absolute Gasteiger partial charge is 0.276 e. The molecule has 8 heteroatoms. The predicted octanol–water partition coefficient (Wildman–Crippen LogP) is 1.79. The number of benzene rings is 1. The van der Waals surface area contributed by atoms with Gasteiger partial charge in [-0.15, -0.1) is 0 Å². The second-order valence-corrected chi connectivity index (χ2v) is 5.67. The first kappa shape index (κ1) is 18.1. The molecule has 27 heavy (non-hydrogen) atoms. The minimum Gasteiger partial charge on any atom is -0.497 e. The summed E-state index contributed by atoms with van der Waals surface area (Å²) in [5.74, 6) is 0.225. The monoisotopic (exact) mass is 366 g/mol. The summed E-state index contributed by atoms with van der Waals surface area (Å²) in [6.45, 7) is 1.57. The fraction of sp³-hybridized carbons (Fsp3) is 0.158. The van der Waals surface area contributed by atoms with E-state index in [1.807, 2.05) is 13.0 Å². The Kier molecular flexibility index (Phi) is 5.46. The minimum atomic E-state index is -0.497. The maximum Gasteiger partial charge on any atom is 0.276 e. The largest absolute Gasteiger partial charge is 0.497 e. The molecule has 0 bridgehead atoms. The summed E-state index contributed by atoms with van der Waals surface area (Å²) in [4.78, 5) is 32.2. The number of methoxy groups -OCH3 is 1. The first-order chi connectivity index (χ1) is 13.1. The molecular weight excluding hydrogens is 348 g/mol. The number of nitrogens with one attached hydrogen (secondary N) is 2. The Morgan fingerprint density at radius 1 is 1.07 bits per heavy atom. The number of pyridine rings is 2. The average molecular weight is 366 g/mol. The van der Waals surface area contributed by atoms with Crippen LogP contribution >= 0.6 is 0 Å². The Balaban J connectivity index is 1.64. The van der Waals surface area contributed by atoms with Crippen molar-refractivity contribution in [2.24, 2.45) is 0 Å². The van der Waals surface area contributed by atoms with Crippen molar-refractivity contribution in [3.8, 4) is 11.5 Å². The summed E-state index contributed by atoms with van der Waals surface area (Å²) in [5, 5.41) is 0.730. The van der Waals surface area contributed by atoms with Gasteiger partial charge in [0, 0.05) is 35.1 Å². The first-order valence-corrected chi connectivity index (χ1v) is 8.14. The van der Waals surface area contributed by atoms with E-state index in [1.54, 1.807) is 25.3 Å². The van der Waals surface area contributed by atoms with Crippen molar-refractivity contribution in [3.63, 3.8) is 0 Å². The van der Waals surface area contributed by atoms with E-state index in [1.165, 1.54) is 24.5 Å². The van der Waals surface area contributed by atoms with Gasteiger partial charge in [0.1, 0.15) is 11.5 Å². The lowest BCUT2D eigenvalue weighted by molar-refractivity contribution is -0.123. The van der Waals surface area contributed by atoms with Crippen molar-refractivity contribution >= 4 is 22.7 Å². The van der Waals surface area contributed by atoms with Crippen LogP contribution in [0.3, 0.4) is 0 Å². The molecule has 3 aromatic rings. The Morgan fingerprint density at radius 3 is 2.59 bits per heavy atom. The molecule has 2 heterocycles. The van der Waals surface area contributed by atoms with Gasteiger partial charge < -0.3 is 9.47 Å². The molecule has 2 N–H and O–H groups in total. The second-order valence-electron chi connectivity index (χ2n) is 5.67. The van der Waals surface area contributed by atoms with E-state index in [0.29, 0.717) is 17.1 Å². The SMILES string of the molecule is COc1ccc2nc(C)cc(OCC(=O)NNC(=O)c3ccncc3)c2c1. The van der Waals surface area contributed by atoms with Crippen molar-refractivity contribution in [2.75, 3.05) is 13.7 Å². The highest BCUT2D eigenvalue weighted by Gasteiger charge is 2.11. The number of ether oxygens (including phenoxy) is 2. The van der Waals surface area contributed by atoms with Crippen LogP contribution in [0.1, 0.15) is 16.1 Å². The van der Waals surface area contributed by atoms with Crippen LogP contribution < -0.4 is 20.3 Å². The lowest BCUT2D eigenvalue weighted by Crippen LogP contribution is -2.43. The molecule has 0 saturated heterocycles. The van der Waals surface area contributed by atoms with Crippen LogP contribution in [-0.4, -0.2) is 35.5 Å². The van der Waals surface area contributed by atoms with E-state index in [2.05, 4.69) is 20.8 Å². The van der Waals surface area contributed by atoms with Crippen molar-refractivity contribution in [3.05, 3.63) is 60.0 Å². The number of carbonyl (C=O) groups is 2. The molecule has 8 nitrogen and oxygen atoms in total. The predicted molar refractivity (Wildman–Crippen MR) is 98.4 cm³/mol. The van der Waals surface area contributed by atoms with E-state index in [9.17, 15) is 9.59 Å². The van der Waals surface area contributed by atoms with Gasteiger partial charge in [-0.25, -0.2) is 0 Å². The number of aryl methyl sites for hydroxylation is 1. The lowest BCUT2D eigenvalue weighted by Gasteiger charge is -2.12.